The molecule has 1 aromatic heterocycles. The van der Waals surface area contributed by atoms with Crippen molar-refractivity contribution in [2.45, 2.75) is 18.7 Å². The first kappa shape index (κ1) is 17.6. The van der Waals surface area contributed by atoms with Crippen LogP contribution in [-0.2, 0) is 16.9 Å². The molecule has 0 N–H and O–H groups in total. The zero-order valence-corrected chi connectivity index (χ0v) is 16.0. The van der Waals surface area contributed by atoms with Crippen LogP contribution in [0.1, 0.15) is 21.5 Å². The fraction of sp³-hybridized carbons (Fsp3) is 0.222. The lowest BCUT2D eigenvalue weighted by Gasteiger charge is -2.04. The van der Waals surface area contributed by atoms with E-state index in [1.807, 2.05) is 25.5 Å². The number of carbonyl (C=O) groups is 1. The molecule has 5 nitrogen and oxygen atoms in total. The largest absolute Gasteiger partial charge is 0.319 e. The maximum Gasteiger partial charge on any atom is 0.280 e. The maximum atomic E-state index is 12.6. The normalized spacial score (nSPS) is 12.7. The summed E-state index contributed by atoms with van der Waals surface area (Å²) in [6.07, 6.45) is 1.09. The summed E-state index contributed by atoms with van der Waals surface area (Å²) >= 11 is 1.41. The molecule has 130 valence electrons. The molecule has 2 aromatic carbocycles. The van der Waals surface area contributed by atoms with Gasteiger partial charge in [0.15, 0.2) is 14.6 Å². The van der Waals surface area contributed by atoms with E-state index in [9.17, 15) is 13.2 Å². The molecule has 0 fully saturated rings. The average molecular weight is 374 g/mol. The summed E-state index contributed by atoms with van der Waals surface area (Å²) in [5.41, 5.74) is 3.38. The van der Waals surface area contributed by atoms with Gasteiger partial charge in [0.2, 0.25) is 0 Å². The second kappa shape index (κ2) is 6.24. The molecule has 0 spiro atoms. The molecule has 0 aliphatic heterocycles. The predicted octanol–water partition coefficient (Wildman–Crippen LogP) is 3.00. The Morgan fingerprint density at radius 2 is 1.84 bits per heavy atom. The smallest absolute Gasteiger partial charge is 0.280 e. The molecule has 0 atom stereocenters. The summed E-state index contributed by atoms with van der Waals surface area (Å²) in [5, 5.41) is 0. The van der Waals surface area contributed by atoms with Gasteiger partial charge in [-0.25, -0.2) is 8.42 Å². The number of aromatic nitrogens is 1. The van der Waals surface area contributed by atoms with Gasteiger partial charge in [0.05, 0.1) is 20.7 Å². The van der Waals surface area contributed by atoms with E-state index in [-0.39, 0.29) is 10.5 Å². The Hall–Kier alpha value is -2.25. The molecule has 3 rings (SSSR count). The van der Waals surface area contributed by atoms with Crippen molar-refractivity contribution in [2.24, 2.45) is 12.0 Å². The number of carbonyl (C=O) groups excluding carboxylic acids is 1. The minimum Gasteiger partial charge on any atom is -0.319 e. The Bertz CT molecular complexity index is 1170. The van der Waals surface area contributed by atoms with E-state index < -0.39 is 15.7 Å². The second-order valence-electron chi connectivity index (χ2n) is 6.06. The van der Waals surface area contributed by atoms with Crippen molar-refractivity contribution >= 4 is 37.3 Å². The van der Waals surface area contributed by atoms with E-state index in [2.05, 4.69) is 17.1 Å². The number of hydrogen-bond acceptors (Lipinski definition) is 4. The highest BCUT2D eigenvalue weighted by Gasteiger charge is 2.18. The molecule has 0 aliphatic carbocycles. The number of nitrogens with zero attached hydrogens (tertiary/aromatic N) is 2. The van der Waals surface area contributed by atoms with Gasteiger partial charge in [0, 0.05) is 13.3 Å². The standard InChI is InChI=1S/C18H18N2O3S2/c1-11-9-12(2)16-14(10-11)24-18(20(16)3)19-17(21)13-7-5-6-8-15(13)25(4,22)23/h5-10H,1-4H3. The lowest BCUT2D eigenvalue weighted by atomic mass is 10.1. The number of benzene rings is 2. The summed E-state index contributed by atoms with van der Waals surface area (Å²) < 4.78 is 26.7. The highest BCUT2D eigenvalue weighted by atomic mass is 32.2. The Morgan fingerprint density at radius 1 is 1.16 bits per heavy atom. The highest BCUT2D eigenvalue weighted by molar-refractivity contribution is 7.90. The summed E-state index contributed by atoms with van der Waals surface area (Å²) in [7, 11) is -1.65. The topological polar surface area (TPSA) is 68.5 Å². The van der Waals surface area contributed by atoms with Crippen LogP contribution in [0.3, 0.4) is 0 Å². The summed E-state index contributed by atoms with van der Waals surface area (Å²) in [5.74, 6) is -0.558. The predicted molar refractivity (Wildman–Crippen MR) is 99.7 cm³/mol. The number of thiazole rings is 1. The molecule has 0 unspecified atom stereocenters. The Balaban J connectivity index is 2.20. The van der Waals surface area contributed by atoms with E-state index in [0.29, 0.717) is 4.80 Å². The fourth-order valence-electron chi connectivity index (χ4n) is 2.90. The van der Waals surface area contributed by atoms with Crippen LogP contribution in [-0.4, -0.2) is 25.1 Å². The molecule has 0 radical (unpaired) electrons. The van der Waals surface area contributed by atoms with E-state index in [1.165, 1.54) is 23.5 Å². The average Bonchev–Trinajstić information content (AvgIpc) is 2.82. The molecular weight excluding hydrogens is 356 g/mol. The van der Waals surface area contributed by atoms with Crippen molar-refractivity contribution in [2.75, 3.05) is 6.26 Å². The molecule has 25 heavy (non-hydrogen) atoms. The number of aryl methyl sites for hydroxylation is 3. The van der Waals surface area contributed by atoms with Gasteiger partial charge in [0.1, 0.15) is 0 Å². The van der Waals surface area contributed by atoms with Gasteiger partial charge in [-0.2, -0.15) is 4.99 Å². The van der Waals surface area contributed by atoms with Crippen LogP contribution in [0.5, 0.6) is 0 Å². The third-order valence-electron chi connectivity index (χ3n) is 3.95. The second-order valence-corrected chi connectivity index (χ2v) is 9.05. The van der Waals surface area contributed by atoms with Crippen LogP contribution in [0.25, 0.3) is 10.2 Å². The quantitative estimate of drug-likeness (QED) is 0.692. The number of rotatable bonds is 2. The monoisotopic (exact) mass is 374 g/mol. The lowest BCUT2D eigenvalue weighted by Crippen LogP contribution is -2.15. The first-order chi connectivity index (χ1) is 11.7. The van der Waals surface area contributed by atoms with Gasteiger partial charge in [-0.3, -0.25) is 4.79 Å². The molecule has 0 aliphatic rings. The molecule has 1 amide bonds. The van der Waals surface area contributed by atoms with Crippen molar-refractivity contribution in [3.63, 3.8) is 0 Å². The third kappa shape index (κ3) is 3.29. The zero-order valence-electron chi connectivity index (χ0n) is 14.4. The van der Waals surface area contributed by atoms with Crippen molar-refractivity contribution < 1.29 is 13.2 Å². The summed E-state index contributed by atoms with van der Waals surface area (Å²) in [6.45, 7) is 4.04. The van der Waals surface area contributed by atoms with Gasteiger partial charge in [-0.1, -0.05) is 29.5 Å². The Kier molecular flexibility index (Phi) is 4.38. The minimum atomic E-state index is -3.50. The molecular formula is C18H18N2O3S2. The van der Waals surface area contributed by atoms with Crippen LogP contribution in [0.4, 0.5) is 0 Å². The van der Waals surface area contributed by atoms with Crippen molar-refractivity contribution in [3.05, 3.63) is 57.9 Å². The van der Waals surface area contributed by atoms with Crippen molar-refractivity contribution in [1.82, 2.24) is 4.57 Å². The van der Waals surface area contributed by atoms with Gasteiger partial charge >= 0.3 is 0 Å². The van der Waals surface area contributed by atoms with Crippen molar-refractivity contribution in [1.29, 1.82) is 0 Å². The first-order valence-electron chi connectivity index (χ1n) is 7.63. The fourth-order valence-corrected chi connectivity index (χ4v) is 4.98. The first-order valence-corrected chi connectivity index (χ1v) is 10.3. The number of sulfone groups is 1. The van der Waals surface area contributed by atoms with Crippen LogP contribution in [0, 0.1) is 13.8 Å². The third-order valence-corrected chi connectivity index (χ3v) is 6.18. The Labute approximate surface area is 150 Å². The molecule has 3 aromatic rings. The van der Waals surface area contributed by atoms with Crippen LogP contribution >= 0.6 is 11.3 Å². The van der Waals surface area contributed by atoms with E-state index in [0.717, 1.165) is 27.6 Å². The minimum absolute atomic E-state index is 0.000427. The lowest BCUT2D eigenvalue weighted by molar-refractivity contribution is 0.0995. The molecule has 0 bridgehead atoms. The Morgan fingerprint density at radius 3 is 2.52 bits per heavy atom. The number of hydrogen-bond donors (Lipinski definition) is 0. The molecule has 1 heterocycles. The van der Waals surface area contributed by atoms with Gasteiger partial charge in [0.25, 0.3) is 5.91 Å². The zero-order chi connectivity index (χ0) is 18.4. The SMILES string of the molecule is Cc1cc(C)c2c(c1)sc(=NC(=O)c1ccccc1S(C)(=O)=O)n2C. The summed E-state index contributed by atoms with van der Waals surface area (Å²) in [6, 6.07) is 10.3. The van der Waals surface area contributed by atoms with E-state index >= 15 is 0 Å². The van der Waals surface area contributed by atoms with Crippen LogP contribution < -0.4 is 4.80 Å². The van der Waals surface area contributed by atoms with E-state index in [1.54, 1.807) is 12.1 Å². The number of amides is 1. The molecule has 0 saturated heterocycles. The van der Waals surface area contributed by atoms with Crippen molar-refractivity contribution in [3.8, 4) is 0 Å². The van der Waals surface area contributed by atoms with Crippen LogP contribution in [0.2, 0.25) is 0 Å². The highest BCUT2D eigenvalue weighted by Crippen LogP contribution is 2.22. The number of fused-ring (bicyclic) bond motifs is 1. The van der Waals surface area contributed by atoms with Gasteiger partial charge in [-0.05, 0) is 43.2 Å². The van der Waals surface area contributed by atoms with E-state index in [4.69, 9.17) is 0 Å². The van der Waals surface area contributed by atoms with Gasteiger partial charge < -0.3 is 4.57 Å². The molecule has 7 heteroatoms. The van der Waals surface area contributed by atoms with Gasteiger partial charge in [-0.15, -0.1) is 0 Å². The molecule has 0 saturated carbocycles. The summed E-state index contributed by atoms with van der Waals surface area (Å²) in [4.78, 5) is 17.4. The van der Waals surface area contributed by atoms with Crippen LogP contribution in [0.15, 0.2) is 46.3 Å². The maximum absolute atomic E-state index is 12.6.